The Hall–Kier alpha value is -2.92. The van der Waals surface area contributed by atoms with Crippen LogP contribution in [0.1, 0.15) is 348 Å². The molecule has 0 radical (unpaired) electrons. The van der Waals surface area contributed by atoms with Gasteiger partial charge in [-0.05, 0) is 70.6 Å². The van der Waals surface area contributed by atoms with Crippen molar-refractivity contribution in [2.75, 3.05) is 13.2 Å². The summed E-state index contributed by atoms with van der Waals surface area (Å²) in [7, 11) is 0. The molecule has 0 aliphatic carbocycles. The number of esters is 2. The SMILES string of the molecule is CC/C=C\C/C=C\C/C=C\C/C=C\C/C=C\C/C=C\C/C=C\CCCCCC(=O)OC(CO)COC(=O)CCCCCCCCCCCCCCCCCCCCCCCCCCCCCCCCCCCCCCCCC. The molecule has 0 rings (SSSR count). The lowest BCUT2D eigenvalue weighted by Crippen LogP contribution is -2.28. The Balaban J connectivity index is 3.44. The summed E-state index contributed by atoms with van der Waals surface area (Å²) in [6, 6.07) is 0. The van der Waals surface area contributed by atoms with Crippen LogP contribution in [0.25, 0.3) is 0 Å². The predicted octanol–water partition coefficient (Wildman–Crippen LogP) is 23.7. The van der Waals surface area contributed by atoms with Crippen LogP contribution in [0.5, 0.6) is 0 Å². The molecule has 0 aromatic heterocycles. The lowest BCUT2D eigenvalue weighted by Gasteiger charge is -2.15. The summed E-state index contributed by atoms with van der Waals surface area (Å²) in [6.07, 6.45) is 96.3. The number of hydrogen-bond donors (Lipinski definition) is 1. The summed E-state index contributed by atoms with van der Waals surface area (Å²) in [5.41, 5.74) is 0. The van der Waals surface area contributed by atoms with Gasteiger partial charge >= 0.3 is 11.9 Å². The van der Waals surface area contributed by atoms with Crippen molar-refractivity contribution in [1.82, 2.24) is 0 Å². The molecule has 0 heterocycles. The van der Waals surface area contributed by atoms with E-state index >= 15 is 0 Å². The highest BCUT2D eigenvalue weighted by Gasteiger charge is 2.16. The van der Waals surface area contributed by atoms with E-state index in [1.54, 1.807) is 0 Å². The summed E-state index contributed by atoms with van der Waals surface area (Å²) < 4.78 is 10.7. The fraction of sp³-hybridized carbons (Fsp3) is 0.781. The molecule has 0 bridgehead atoms. The Labute approximate surface area is 486 Å². The van der Waals surface area contributed by atoms with Crippen molar-refractivity contribution in [3.05, 3.63) is 85.1 Å². The van der Waals surface area contributed by atoms with Crippen LogP contribution in [-0.2, 0) is 19.1 Å². The number of ether oxygens (including phenoxy) is 2. The van der Waals surface area contributed by atoms with E-state index < -0.39 is 6.10 Å². The van der Waals surface area contributed by atoms with Crippen molar-refractivity contribution in [1.29, 1.82) is 0 Å². The van der Waals surface area contributed by atoms with Gasteiger partial charge in [0.25, 0.3) is 0 Å². The van der Waals surface area contributed by atoms with Gasteiger partial charge in [-0.3, -0.25) is 9.59 Å². The molecule has 0 aliphatic rings. The van der Waals surface area contributed by atoms with Gasteiger partial charge in [-0.2, -0.15) is 0 Å². The smallest absolute Gasteiger partial charge is 0.306 e. The topological polar surface area (TPSA) is 72.8 Å². The van der Waals surface area contributed by atoms with Gasteiger partial charge in [0.1, 0.15) is 6.61 Å². The maximum absolute atomic E-state index is 12.3. The molecule has 5 nitrogen and oxygen atoms in total. The van der Waals surface area contributed by atoms with E-state index in [0.717, 1.165) is 89.9 Å². The number of aliphatic hydroxyl groups is 1. The summed E-state index contributed by atoms with van der Waals surface area (Å²) in [5.74, 6) is -0.620. The van der Waals surface area contributed by atoms with E-state index in [9.17, 15) is 14.7 Å². The summed E-state index contributed by atoms with van der Waals surface area (Å²) in [6.45, 7) is 4.04. The van der Waals surface area contributed by atoms with Gasteiger partial charge in [-0.15, -0.1) is 0 Å². The number of carbonyl (C=O) groups excluding carboxylic acids is 2. The van der Waals surface area contributed by atoms with Crippen molar-refractivity contribution in [3.8, 4) is 0 Å². The number of hydrogen-bond acceptors (Lipinski definition) is 5. The first-order valence-electron chi connectivity index (χ1n) is 34.1. The van der Waals surface area contributed by atoms with Gasteiger partial charge in [0.2, 0.25) is 0 Å². The van der Waals surface area contributed by atoms with Crippen molar-refractivity contribution < 1.29 is 24.2 Å². The largest absolute Gasteiger partial charge is 0.462 e. The lowest BCUT2D eigenvalue weighted by atomic mass is 10.0. The number of rotatable bonds is 63. The molecule has 1 unspecified atom stereocenters. The van der Waals surface area contributed by atoms with Gasteiger partial charge < -0.3 is 14.6 Å². The summed E-state index contributed by atoms with van der Waals surface area (Å²) in [5, 5.41) is 9.68. The van der Waals surface area contributed by atoms with Crippen molar-refractivity contribution in [2.45, 2.75) is 354 Å². The molecule has 0 aromatic carbocycles. The minimum absolute atomic E-state index is 0.0810. The molecule has 1 N–H and O–H groups in total. The van der Waals surface area contributed by atoms with Crippen LogP contribution < -0.4 is 0 Å². The third kappa shape index (κ3) is 65.6. The average Bonchev–Trinajstić information content (AvgIpc) is 3.44. The Morgan fingerprint density at radius 2 is 0.551 bits per heavy atom. The maximum atomic E-state index is 12.3. The molecule has 0 aliphatic heterocycles. The molecule has 0 spiro atoms. The highest BCUT2D eigenvalue weighted by Crippen LogP contribution is 2.18. The molecule has 5 heteroatoms. The monoisotopic (exact) mass is 1090 g/mol. The summed E-state index contributed by atoms with van der Waals surface area (Å²) >= 11 is 0. The highest BCUT2D eigenvalue weighted by atomic mass is 16.6. The molecule has 0 amide bonds. The zero-order valence-electron chi connectivity index (χ0n) is 51.9. The highest BCUT2D eigenvalue weighted by molar-refractivity contribution is 5.70. The quantitative estimate of drug-likeness (QED) is 0.0373. The fourth-order valence-corrected chi connectivity index (χ4v) is 10.1. The zero-order chi connectivity index (χ0) is 56.2. The normalized spacial score (nSPS) is 12.7. The first-order chi connectivity index (χ1) is 38.6. The molecular weight excluding hydrogens is 957 g/mol. The van der Waals surface area contributed by atoms with Gasteiger partial charge in [0.05, 0.1) is 6.61 Å². The molecule has 1 atom stereocenters. The second-order valence-corrected chi connectivity index (χ2v) is 22.9. The van der Waals surface area contributed by atoms with Gasteiger partial charge in [0.15, 0.2) is 6.10 Å². The minimum Gasteiger partial charge on any atom is -0.462 e. The molecule has 0 aromatic rings. The van der Waals surface area contributed by atoms with Gasteiger partial charge in [-0.1, -0.05) is 349 Å². The Morgan fingerprint density at radius 1 is 0.308 bits per heavy atom. The van der Waals surface area contributed by atoms with Crippen molar-refractivity contribution in [3.63, 3.8) is 0 Å². The Bertz CT molecular complexity index is 1420. The van der Waals surface area contributed by atoms with E-state index in [1.165, 1.54) is 231 Å². The number of aliphatic hydroxyl groups excluding tert-OH is 1. The number of unbranched alkanes of at least 4 members (excludes halogenated alkanes) is 41. The molecule has 0 saturated heterocycles. The van der Waals surface area contributed by atoms with Crippen LogP contribution in [0.3, 0.4) is 0 Å². The second kappa shape index (κ2) is 68.4. The van der Waals surface area contributed by atoms with Crippen molar-refractivity contribution >= 4 is 11.9 Å². The molecule has 0 saturated carbocycles. The molecule has 452 valence electrons. The number of carbonyl (C=O) groups is 2. The van der Waals surface area contributed by atoms with Crippen LogP contribution in [-0.4, -0.2) is 36.4 Å². The van der Waals surface area contributed by atoms with Gasteiger partial charge in [0, 0.05) is 12.8 Å². The van der Waals surface area contributed by atoms with E-state index in [0.29, 0.717) is 12.8 Å². The fourth-order valence-electron chi connectivity index (χ4n) is 10.1. The van der Waals surface area contributed by atoms with E-state index in [2.05, 4.69) is 98.9 Å². The third-order valence-corrected chi connectivity index (χ3v) is 15.2. The average molecular weight is 1090 g/mol. The minimum atomic E-state index is -0.795. The first-order valence-corrected chi connectivity index (χ1v) is 34.1. The standard InChI is InChI=1S/C73H130O5/c1-3-5-7-9-11-13-15-17-19-21-23-25-27-29-30-31-32-33-34-35-36-37-38-39-40-41-42-44-45-47-49-51-53-55-57-59-61-63-65-67-72(75)77-70-71(69-74)78-73(76)68-66-64-62-60-58-56-54-52-50-48-46-43-28-26-24-22-20-18-16-14-12-10-8-6-4-2/h6,8,12,14,18,20,24,26,43,46,50,52,56,58,71,74H,3-5,7,9-11,13,15-17,19,21-23,25,27-42,44-45,47-49,51,53-55,57,59-70H2,1-2H3/b8-6-,14-12-,20-18-,26-24-,46-43-,52-50-,58-56-. The lowest BCUT2D eigenvalue weighted by molar-refractivity contribution is -0.161. The van der Waals surface area contributed by atoms with Crippen molar-refractivity contribution in [2.24, 2.45) is 0 Å². The zero-order valence-corrected chi connectivity index (χ0v) is 51.9. The van der Waals surface area contributed by atoms with E-state index in [4.69, 9.17) is 9.47 Å². The second-order valence-electron chi connectivity index (χ2n) is 22.9. The summed E-state index contributed by atoms with van der Waals surface area (Å²) in [4.78, 5) is 24.6. The van der Waals surface area contributed by atoms with Crippen LogP contribution >= 0.6 is 0 Å². The van der Waals surface area contributed by atoms with Crippen LogP contribution in [0, 0.1) is 0 Å². The Kier molecular flexibility index (Phi) is 65.8. The van der Waals surface area contributed by atoms with E-state index in [1.807, 2.05) is 0 Å². The molecular formula is C73H130O5. The van der Waals surface area contributed by atoms with Gasteiger partial charge in [-0.25, -0.2) is 0 Å². The maximum Gasteiger partial charge on any atom is 0.306 e. The molecule has 78 heavy (non-hydrogen) atoms. The predicted molar refractivity (Wildman–Crippen MR) is 343 cm³/mol. The first kappa shape index (κ1) is 75.1. The third-order valence-electron chi connectivity index (χ3n) is 15.2. The van der Waals surface area contributed by atoms with Crippen LogP contribution in [0.2, 0.25) is 0 Å². The molecule has 0 fully saturated rings. The van der Waals surface area contributed by atoms with E-state index in [-0.39, 0.29) is 25.2 Å². The van der Waals surface area contributed by atoms with Crippen LogP contribution in [0.4, 0.5) is 0 Å². The Morgan fingerprint density at radius 3 is 0.833 bits per heavy atom. The number of allylic oxidation sites excluding steroid dienone is 14. The van der Waals surface area contributed by atoms with Crippen LogP contribution in [0.15, 0.2) is 85.1 Å².